The van der Waals surface area contributed by atoms with Gasteiger partial charge in [-0.15, -0.1) is 11.3 Å². The fourth-order valence-corrected chi connectivity index (χ4v) is 4.78. The Hall–Kier alpha value is -2.67. The van der Waals surface area contributed by atoms with Crippen molar-refractivity contribution in [1.82, 2.24) is 19.6 Å². The smallest absolute Gasteiger partial charge is 0.263 e. The lowest BCUT2D eigenvalue weighted by atomic mass is 10.2. The molecule has 0 N–H and O–H groups in total. The highest BCUT2D eigenvalue weighted by molar-refractivity contribution is 7.14. The largest absolute Gasteiger partial charge is 0.344 e. The van der Waals surface area contributed by atoms with Crippen LogP contribution in [0.4, 0.5) is 0 Å². The number of carbonyl (C=O) groups excluding carboxylic acids is 2. The molecule has 0 saturated carbocycles. The van der Waals surface area contributed by atoms with E-state index in [4.69, 9.17) is 0 Å². The zero-order valence-electron chi connectivity index (χ0n) is 15.5. The van der Waals surface area contributed by atoms with Gasteiger partial charge in [0.2, 0.25) is 5.91 Å². The zero-order chi connectivity index (χ0) is 19.0. The highest BCUT2D eigenvalue weighted by Gasteiger charge is 2.31. The molecule has 1 fully saturated rings. The molecule has 3 heterocycles. The standard InChI is InChI=1S/C20H22N4O2S/c1-22(2)20(26)18-10-9-17(27-18)16-8-5-11-23(16)19(25)13-24-15-7-4-3-6-14(15)12-21-24/h3-4,6-7,9-10,12,16H,5,8,11,13H2,1-2H3. The van der Waals surface area contributed by atoms with E-state index in [1.807, 2.05) is 41.3 Å². The Bertz CT molecular complexity index is 991. The third-order valence-corrected chi connectivity index (χ3v) is 6.16. The average molecular weight is 382 g/mol. The maximum Gasteiger partial charge on any atom is 0.263 e. The molecule has 0 spiro atoms. The van der Waals surface area contributed by atoms with Crippen LogP contribution >= 0.6 is 11.3 Å². The van der Waals surface area contributed by atoms with Crippen molar-refractivity contribution >= 4 is 34.1 Å². The number of nitrogens with zero attached hydrogens (tertiary/aromatic N) is 4. The van der Waals surface area contributed by atoms with Crippen LogP contribution in [0, 0.1) is 0 Å². The Kier molecular flexibility index (Phi) is 4.70. The quantitative estimate of drug-likeness (QED) is 0.696. The third kappa shape index (κ3) is 3.35. The number of para-hydroxylation sites is 1. The van der Waals surface area contributed by atoms with E-state index in [2.05, 4.69) is 5.10 Å². The van der Waals surface area contributed by atoms with Crippen LogP contribution in [0.15, 0.2) is 42.6 Å². The molecular formula is C20H22N4O2S. The molecular weight excluding hydrogens is 360 g/mol. The molecule has 6 nitrogen and oxygen atoms in total. The Labute approximate surface area is 162 Å². The first-order valence-corrected chi connectivity index (χ1v) is 9.87. The summed E-state index contributed by atoms with van der Waals surface area (Å²) < 4.78 is 1.77. The third-order valence-electron chi connectivity index (χ3n) is 4.98. The maximum atomic E-state index is 13.0. The Morgan fingerprint density at radius 3 is 2.85 bits per heavy atom. The molecule has 1 atom stereocenters. The minimum Gasteiger partial charge on any atom is -0.344 e. The summed E-state index contributed by atoms with van der Waals surface area (Å²) in [7, 11) is 3.50. The van der Waals surface area contributed by atoms with Crippen LogP contribution in [0.3, 0.4) is 0 Å². The number of benzene rings is 1. The minimum absolute atomic E-state index is 0.00475. The van der Waals surface area contributed by atoms with E-state index in [0.29, 0.717) is 4.88 Å². The van der Waals surface area contributed by atoms with Crippen molar-refractivity contribution in [3.8, 4) is 0 Å². The summed E-state index contributed by atoms with van der Waals surface area (Å²) in [5.74, 6) is 0.0744. The number of hydrogen-bond acceptors (Lipinski definition) is 4. The second-order valence-corrected chi connectivity index (χ2v) is 8.12. The van der Waals surface area contributed by atoms with Gasteiger partial charge in [-0.3, -0.25) is 14.3 Å². The molecule has 2 amide bonds. The summed E-state index contributed by atoms with van der Waals surface area (Å²) in [5, 5.41) is 5.41. The van der Waals surface area contributed by atoms with E-state index in [0.717, 1.165) is 35.2 Å². The predicted octanol–water partition coefficient (Wildman–Crippen LogP) is 3.16. The van der Waals surface area contributed by atoms with Gasteiger partial charge in [-0.1, -0.05) is 18.2 Å². The van der Waals surface area contributed by atoms with Gasteiger partial charge in [0.05, 0.1) is 22.6 Å². The number of thiophene rings is 1. The lowest BCUT2D eigenvalue weighted by Crippen LogP contribution is -2.33. The number of carbonyl (C=O) groups is 2. The SMILES string of the molecule is CN(C)C(=O)c1ccc(C2CCCN2C(=O)Cn2ncc3ccccc32)s1. The first-order chi connectivity index (χ1) is 13.0. The van der Waals surface area contributed by atoms with Crippen molar-refractivity contribution in [3.05, 3.63) is 52.3 Å². The van der Waals surface area contributed by atoms with Gasteiger partial charge in [0.25, 0.3) is 5.91 Å². The van der Waals surface area contributed by atoms with Crippen LogP contribution in [0.25, 0.3) is 10.9 Å². The molecule has 0 radical (unpaired) electrons. The van der Waals surface area contributed by atoms with Crippen LogP contribution in [0.5, 0.6) is 0 Å². The molecule has 1 aromatic carbocycles. The maximum absolute atomic E-state index is 13.0. The highest BCUT2D eigenvalue weighted by Crippen LogP contribution is 2.36. The van der Waals surface area contributed by atoms with E-state index in [1.54, 1.807) is 29.9 Å². The van der Waals surface area contributed by atoms with Crippen molar-refractivity contribution < 1.29 is 9.59 Å². The molecule has 0 bridgehead atoms. The van der Waals surface area contributed by atoms with E-state index in [1.165, 1.54) is 11.3 Å². The highest BCUT2D eigenvalue weighted by atomic mass is 32.1. The van der Waals surface area contributed by atoms with E-state index < -0.39 is 0 Å². The van der Waals surface area contributed by atoms with Crippen LogP contribution < -0.4 is 0 Å². The first kappa shape index (κ1) is 17.7. The second-order valence-electron chi connectivity index (χ2n) is 7.01. The van der Waals surface area contributed by atoms with Gasteiger partial charge in [-0.2, -0.15) is 5.10 Å². The molecule has 4 rings (SSSR count). The Morgan fingerprint density at radius 1 is 1.22 bits per heavy atom. The fourth-order valence-electron chi connectivity index (χ4n) is 3.60. The number of hydrogen-bond donors (Lipinski definition) is 0. The molecule has 1 aliphatic rings. The summed E-state index contributed by atoms with van der Waals surface area (Å²) in [4.78, 5) is 30.5. The van der Waals surface area contributed by atoms with Crippen LogP contribution in [-0.4, -0.2) is 52.0 Å². The first-order valence-electron chi connectivity index (χ1n) is 9.06. The monoisotopic (exact) mass is 382 g/mol. The minimum atomic E-state index is 0.00475. The van der Waals surface area contributed by atoms with Gasteiger partial charge >= 0.3 is 0 Å². The van der Waals surface area contributed by atoms with E-state index >= 15 is 0 Å². The summed E-state index contributed by atoms with van der Waals surface area (Å²) in [5.41, 5.74) is 0.969. The van der Waals surface area contributed by atoms with Crippen molar-refractivity contribution in [2.24, 2.45) is 0 Å². The normalized spacial score (nSPS) is 16.8. The summed E-state index contributed by atoms with van der Waals surface area (Å²) >= 11 is 1.49. The van der Waals surface area contributed by atoms with Crippen LogP contribution in [0.2, 0.25) is 0 Å². The van der Waals surface area contributed by atoms with Crippen molar-refractivity contribution in [3.63, 3.8) is 0 Å². The lowest BCUT2D eigenvalue weighted by molar-refractivity contribution is -0.132. The number of aromatic nitrogens is 2. The van der Waals surface area contributed by atoms with E-state index in [-0.39, 0.29) is 24.4 Å². The van der Waals surface area contributed by atoms with Crippen LogP contribution in [-0.2, 0) is 11.3 Å². The molecule has 3 aromatic rings. The lowest BCUT2D eigenvalue weighted by Gasteiger charge is -2.24. The van der Waals surface area contributed by atoms with Crippen molar-refractivity contribution in [2.75, 3.05) is 20.6 Å². The molecule has 1 unspecified atom stereocenters. The van der Waals surface area contributed by atoms with Crippen molar-refractivity contribution in [2.45, 2.75) is 25.4 Å². The van der Waals surface area contributed by atoms with Gasteiger partial charge in [-0.25, -0.2) is 0 Å². The number of likely N-dealkylation sites (tertiary alicyclic amines) is 1. The molecule has 27 heavy (non-hydrogen) atoms. The summed E-state index contributed by atoms with van der Waals surface area (Å²) in [6.45, 7) is 0.983. The van der Waals surface area contributed by atoms with Gasteiger partial charge in [0.15, 0.2) is 0 Å². The van der Waals surface area contributed by atoms with Gasteiger partial charge in [0.1, 0.15) is 6.54 Å². The van der Waals surface area contributed by atoms with Gasteiger partial charge < -0.3 is 9.80 Å². The van der Waals surface area contributed by atoms with Gasteiger partial charge in [0, 0.05) is 30.9 Å². The van der Waals surface area contributed by atoms with Crippen LogP contribution in [0.1, 0.15) is 33.4 Å². The fraction of sp³-hybridized carbons (Fsp3) is 0.350. The Morgan fingerprint density at radius 2 is 2.04 bits per heavy atom. The summed E-state index contributed by atoms with van der Waals surface area (Å²) in [6, 6.07) is 11.8. The van der Waals surface area contributed by atoms with Gasteiger partial charge in [-0.05, 0) is 31.0 Å². The van der Waals surface area contributed by atoms with Crippen molar-refractivity contribution in [1.29, 1.82) is 0 Å². The second kappa shape index (κ2) is 7.15. The van der Waals surface area contributed by atoms with E-state index in [9.17, 15) is 9.59 Å². The molecule has 7 heteroatoms. The number of fused-ring (bicyclic) bond motifs is 1. The number of amides is 2. The molecule has 0 aliphatic carbocycles. The summed E-state index contributed by atoms with van der Waals surface area (Å²) in [6.07, 6.45) is 3.70. The topological polar surface area (TPSA) is 58.4 Å². The Balaban J connectivity index is 1.53. The number of rotatable bonds is 4. The average Bonchev–Trinajstić information content (AvgIpc) is 3.40. The predicted molar refractivity (Wildman–Crippen MR) is 106 cm³/mol. The molecule has 1 aliphatic heterocycles. The molecule has 140 valence electrons. The molecule has 2 aromatic heterocycles. The zero-order valence-corrected chi connectivity index (χ0v) is 16.3. The molecule has 1 saturated heterocycles.